The van der Waals surface area contributed by atoms with Gasteiger partial charge in [-0.05, 0) is 60.6 Å². The smallest absolute Gasteiger partial charge is 0.248 e. The maximum Gasteiger partial charge on any atom is 0.248 e. The van der Waals surface area contributed by atoms with E-state index in [2.05, 4.69) is 6.07 Å². The molecule has 0 bridgehead atoms. The Morgan fingerprint density at radius 1 is 1.04 bits per heavy atom. The van der Waals surface area contributed by atoms with Crippen LogP contribution >= 0.6 is 0 Å². The number of nitrogens with zero attached hydrogens (tertiary/aromatic N) is 2. The van der Waals surface area contributed by atoms with Crippen LogP contribution in [-0.4, -0.2) is 41.3 Å². The number of carbonyl (C=O) groups excluding carboxylic acids is 2. The lowest BCUT2D eigenvalue weighted by Crippen LogP contribution is -2.40. The monoisotopic (exact) mass is 376 g/mol. The molecule has 0 radical (unpaired) electrons. The van der Waals surface area contributed by atoms with Crippen LogP contribution in [-0.2, 0) is 17.6 Å². The number of fused-ring (bicyclic) bond motifs is 2. The molecule has 1 aromatic heterocycles. The standard InChI is InChI=1S/C22H24N4O2/c23-13-19(27)26-10-7-14(8-11-26)20-18-6-5-17(22(24)28)12-16(18)4-3-15-2-1-9-25-21(15)20/h1-2,5-6,9,12H,3-4,7-8,10-11,13,23H2,(H2,24,28). The van der Waals surface area contributed by atoms with Crippen LogP contribution in [0.25, 0.3) is 5.57 Å². The molecule has 2 aliphatic rings. The van der Waals surface area contributed by atoms with Crippen LogP contribution < -0.4 is 11.5 Å². The second-order valence-electron chi connectivity index (χ2n) is 7.31. The first-order valence-electron chi connectivity index (χ1n) is 9.65. The fourth-order valence-corrected chi connectivity index (χ4v) is 4.22. The molecule has 1 saturated heterocycles. The van der Waals surface area contributed by atoms with Gasteiger partial charge in [-0.2, -0.15) is 0 Å². The van der Waals surface area contributed by atoms with Gasteiger partial charge in [0.05, 0.1) is 12.2 Å². The van der Waals surface area contributed by atoms with Crippen LogP contribution in [0.2, 0.25) is 0 Å². The number of aromatic nitrogens is 1. The molecule has 0 spiro atoms. The zero-order chi connectivity index (χ0) is 19.7. The van der Waals surface area contributed by atoms with Gasteiger partial charge in [-0.15, -0.1) is 0 Å². The summed E-state index contributed by atoms with van der Waals surface area (Å²) >= 11 is 0. The topological polar surface area (TPSA) is 102 Å². The van der Waals surface area contributed by atoms with E-state index in [0.717, 1.165) is 48.1 Å². The van der Waals surface area contributed by atoms with Crippen LogP contribution in [0.3, 0.4) is 0 Å². The highest BCUT2D eigenvalue weighted by atomic mass is 16.2. The molecule has 4 rings (SSSR count). The minimum Gasteiger partial charge on any atom is -0.366 e. The SMILES string of the molecule is NCC(=O)N1CCC(=C2c3ccc(C(N)=O)cc3CCc3cccnc32)CC1. The van der Waals surface area contributed by atoms with E-state index >= 15 is 0 Å². The molecule has 1 aliphatic carbocycles. The number of aryl methyl sites for hydroxylation is 2. The molecule has 1 aliphatic heterocycles. The van der Waals surface area contributed by atoms with Crippen LogP contribution in [0.1, 0.15) is 45.6 Å². The Hall–Kier alpha value is -2.99. The van der Waals surface area contributed by atoms with Crippen molar-refractivity contribution >= 4 is 17.4 Å². The van der Waals surface area contributed by atoms with Crippen LogP contribution in [0.4, 0.5) is 0 Å². The maximum atomic E-state index is 11.9. The first-order valence-corrected chi connectivity index (χ1v) is 9.65. The molecule has 0 atom stereocenters. The van der Waals surface area contributed by atoms with Gasteiger partial charge in [0.25, 0.3) is 0 Å². The number of primary amides is 1. The fraction of sp³-hybridized carbons (Fsp3) is 0.318. The third kappa shape index (κ3) is 3.31. The highest BCUT2D eigenvalue weighted by Crippen LogP contribution is 2.37. The summed E-state index contributed by atoms with van der Waals surface area (Å²) in [5.41, 5.74) is 18.5. The van der Waals surface area contributed by atoms with Gasteiger partial charge in [0.1, 0.15) is 0 Å². The Balaban J connectivity index is 1.82. The average Bonchev–Trinajstić information content (AvgIpc) is 2.89. The Bertz CT molecular complexity index is 970. The second-order valence-corrected chi connectivity index (χ2v) is 7.31. The highest BCUT2D eigenvalue weighted by Gasteiger charge is 2.26. The number of likely N-dealkylation sites (tertiary alicyclic amines) is 1. The summed E-state index contributed by atoms with van der Waals surface area (Å²) in [6.07, 6.45) is 5.13. The number of pyridine rings is 1. The molecule has 1 aromatic carbocycles. The minimum atomic E-state index is -0.412. The zero-order valence-corrected chi connectivity index (χ0v) is 15.8. The number of carbonyl (C=O) groups is 2. The van der Waals surface area contributed by atoms with Crippen molar-refractivity contribution in [3.8, 4) is 0 Å². The van der Waals surface area contributed by atoms with Gasteiger partial charge in [0.2, 0.25) is 11.8 Å². The number of nitrogens with two attached hydrogens (primary N) is 2. The fourth-order valence-electron chi connectivity index (χ4n) is 4.22. The maximum absolute atomic E-state index is 11.9. The predicted molar refractivity (Wildman–Crippen MR) is 107 cm³/mol. The van der Waals surface area contributed by atoms with E-state index in [-0.39, 0.29) is 12.5 Å². The van der Waals surface area contributed by atoms with Crippen molar-refractivity contribution in [2.75, 3.05) is 19.6 Å². The van der Waals surface area contributed by atoms with Gasteiger partial charge in [-0.3, -0.25) is 14.6 Å². The molecule has 28 heavy (non-hydrogen) atoms. The van der Waals surface area contributed by atoms with E-state index in [0.29, 0.717) is 18.7 Å². The normalized spacial score (nSPS) is 16.2. The number of hydrogen-bond acceptors (Lipinski definition) is 4. The van der Waals surface area contributed by atoms with Crippen LogP contribution in [0, 0.1) is 0 Å². The largest absolute Gasteiger partial charge is 0.366 e. The molecule has 6 nitrogen and oxygen atoms in total. The molecule has 2 amide bonds. The van der Waals surface area contributed by atoms with E-state index in [4.69, 9.17) is 16.5 Å². The van der Waals surface area contributed by atoms with Crippen molar-refractivity contribution in [3.63, 3.8) is 0 Å². The number of benzene rings is 1. The van der Waals surface area contributed by atoms with Gasteiger partial charge < -0.3 is 16.4 Å². The molecule has 2 aromatic rings. The van der Waals surface area contributed by atoms with Crippen molar-refractivity contribution in [2.24, 2.45) is 11.5 Å². The molecular weight excluding hydrogens is 352 g/mol. The van der Waals surface area contributed by atoms with Crippen molar-refractivity contribution in [1.82, 2.24) is 9.88 Å². The van der Waals surface area contributed by atoms with Gasteiger partial charge in [0, 0.05) is 30.4 Å². The Kier molecular flexibility index (Phi) is 4.96. The van der Waals surface area contributed by atoms with Crippen molar-refractivity contribution in [3.05, 3.63) is 70.0 Å². The third-order valence-electron chi connectivity index (χ3n) is 5.70. The van der Waals surface area contributed by atoms with Gasteiger partial charge in [0.15, 0.2) is 0 Å². The van der Waals surface area contributed by atoms with E-state index in [1.54, 1.807) is 6.07 Å². The summed E-state index contributed by atoms with van der Waals surface area (Å²) in [5.74, 6) is -0.416. The lowest BCUT2D eigenvalue weighted by atomic mass is 9.88. The number of rotatable bonds is 2. The molecule has 2 heterocycles. The number of piperidine rings is 1. The van der Waals surface area contributed by atoms with Crippen LogP contribution in [0.15, 0.2) is 42.1 Å². The second kappa shape index (κ2) is 7.56. The minimum absolute atomic E-state index is 0.00468. The summed E-state index contributed by atoms with van der Waals surface area (Å²) in [4.78, 5) is 30.1. The first-order chi connectivity index (χ1) is 13.6. The molecule has 144 valence electrons. The van der Waals surface area contributed by atoms with Crippen molar-refractivity contribution in [1.29, 1.82) is 0 Å². The molecule has 0 saturated carbocycles. The summed E-state index contributed by atoms with van der Waals surface area (Å²) in [6, 6.07) is 9.80. The van der Waals surface area contributed by atoms with E-state index in [9.17, 15) is 9.59 Å². The first kappa shape index (κ1) is 18.4. The van der Waals surface area contributed by atoms with Crippen molar-refractivity contribution in [2.45, 2.75) is 25.7 Å². The Labute approximate surface area is 164 Å². The summed E-state index contributed by atoms with van der Waals surface area (Å²) < 4.78 is 0. The van der Waals surface area contributed by atoms with E-state index < -0.39 is 5.91 Å². The van der Waals surface area contributed by atoms with Gasteiger partial charge >= 0.3 is 0 Å². The summed E-state index contributed by atoms with van der Waals surface area (Å²) in [6.45, 7) is 1.40. The Morgan fingerprint density at radius 2 is 1.79 bits per heavy atom. The van der Waals surface area contributed by atoms with E-state index in [1.165, 1.54) is 11.1 Å². The molecule has 4 N–H and O–H groups in total. The third-order valence-corrected chi connectivity index (χ3v) is 5.70. The lowest BCUT2D eigenvalue weighted by Gasteiger charge is -2.30. The molecule has 0 unspecified atom stereocenters. The zero-order valence-electron chi connectivity index (χ0n) is 15.8. The van der Waals surface area contributed by atoms with Crippen molar-refractivity contribution < 1.29 is 9.59 Å². The molecule has 6 heteroatoms. The molecule has 1 fully saturated rings. The molecular formula is C22H24N4O2. The van der Waals surface area contributed by atoms with Crippen LogP contribution in [0.5, 0.6) is 0 Å². The quantitative estimate of drug-likeness (QED) is 0.832. The van der Waals surface area contributed by atoms with E-state index in [1.807, 2.05) is 29.3 Å². The summed E-state index contributed by atoms with van der Waals surface area (Å²) in [5, 5.41) is 0. The average molecular weight is 376 g/mol. The van der Waals surface area contributed by atoms with Gasteiger partial charge in [-0.25, -0.2) is 0 Å². The Morgan fingerprint density at radius 3 is 2.50 bits per heavy atom. The number of hydrogen-bond donors (Lipinski definition) is 2. The number of amides is 2. The lowest BCUT2D eigenvalue weighted by molar-refractivity contribution is -0.130. The van der Waals surface area contributed by atoms with Gasteiger partial charge in [-0.1, -0.05) is 17.7 Å². The predicted octanol–water partition coefficient (Wildman–Crippen LogP) is 1.66. The summed E-state index contributed by atoms with van der Waals surface area (Å²) in [7, 11) is 0. The highest BCUT2D eigenvalue weighted by molar-refractivity contribution is 5.94.